The average Bonchev–Trinajstić information content (AvgIpc) is 2.94. The predicted molar refractivity (Wildman–Crippen MR) is 162 cm³/mol. The number of unbranched alkanes of at least 4 members (excludes halogenated alkanes) is 4. The van der Waals surface area contributed by atoms with E-state index in [4.69, 9.17) is 4.52 Å². The molecule has 0 amide bonds. The summed E-state index contributed by atoms with van der Waals surface area (Å²) >= 11 is 0. The number of nitrogens with zero attached hydrogens (tertiary/aromatic N) is 2. The van der Waals surface area contributed by atoms with Crippen LogP contribution in [0.5, 0.6) is 5.75 Å². The molecular weight excluding hydrogens is 491 g/mol. The molecule has 0 aliphatic heterocycles. The van der Waals surface area contributed by atoms with Crippen LogP contribution in [0.15, 0.2) is 59.6 Å². The molecule has 0 fully saturated rings. The number of benzene rings is 2. The van der Waals surface area contributed by atoms with Crippen molar-refractivity contribution in [3.63, 3.8) is 0 Å². The Morgan fingerprint density at radius 2 is 1.24 bits per heavy atom. The first kappa shape index (κ1) is 34.1. The van der Waals surface area contributed by atoms with Crippen LogP contribution in [0.4, 0.5) is 0 Å². The first-order chi connectivity index (χ1) is 18.3. The Bertz CT molecular complexity index is 896. The molecule has 2 aromatic rings. The molecule has 0 bridgehead atoms. The van der Waals surface area contributed by atoms with Gasteiger partial charge in [-0.25, -0.2) is 0 Å². The molecule has 0 saturated heterocycles. The van der Waals surface area contributed by atoms with Crippen LogP contribution in [0.2, 0.25) is 0 Å². The summed E-state index contributed by atoms with van der Waals surface area (Å²) in [5.41, 5.74) is 1.74. The molecular formula is C32H53N2O3P. The number of aliphatic imine (C=N–C) groups is 1. The third kappa shape index (κ3) is 14.3. The minimum absolute atomic E-state index is 0.0392. The lowest BCUT2D eigenvalue weighted by Crippen LogP contribution is -2.50. The third-order valence-electron chi connectivity index (χ3n) is 6.83. The molecule has 0 radical (unpaired) electrons. The molecule has 38 heavy (non-hydrogen) atoms. The minimum Gasteiger partial charge on any atom is -0.769 e. The van der Waals surface area contributed by atoms with Gasteiger partial charge in [0, 0.05) is 17.9 Å². The number of hydrogen-bond donors (Lipinski definition) is 0. The van der Waals surface area contributed by atoms with Gasteiger partial charge >= 0.3 is 0 Å². The van der Waals surface area contributed by atoms with Gasteiger partial charge in [0.2, 0.25) is 0 Å². The van der Waals surface area contributed by atoms with Crippen molar-refractivity contribution in [3.05, 3.63) is 65.7 Å². The molecule has 0 heterocycles. The fourth-order valence-electron chi connectivity index (χ4n) is 4.36. The highest BCUT2D eigenvalue weighted by Gasteiger charge is 2.24. The van der Waals surface area contributed by atoms with Gasteiger partial charge in [-0.3, -0.25) is 9.56 Å². The SMILES string of the molecule is CCCC[N+](CCCC)(CCCC)CCCC.CCP(=O)([O-])Oc1ccccc1C=NCc1ccccc1. The van der Waals surface area contributed by atoms with Crippen molar-refractivity contribution in [2.45, 2.75) is 92.5 Å². The largest absolute Gasteiger partial charge is 0.769 e. The van der Waals surface area contributed by atoms with E-state index < -0.39 is 7.60 Å². The van der Waals surface area contributed by atoms with Crippen LogP contribution in [0.25, 0.3) is 0 Å². The first-order valence-electron chi connectivity index (χ1n) is 14.8. The standard InChI is InChI=1S/C16H18NO3P.C16H36N/c1-2-21(18,19)20-16-11-7-6-10-15(16)13-17-12-14-8-4-3-5-9-14;1-5-9-13-17(14-10-6-2,15-11-7-3)16-12-8-4/h3-11,13H,2,12H2,1H3,(H,18,19);5-16H2,1-4H3/q;+1/p-1. The second-order valence-electron chi connectivity index (χ2n) is 10.2. The van der Waals surface area contributed by atoms with E-state index in [0.717, 1.165) is 5.56 Å². The van der Waals surface area contributed by atoms with Crippen molar-refractivity contribution >= 4 is 13.8 Å². The van der Waals surface area contributed by atoms with Crippen molar-refractivity contribution in [1.82, 2.24) is 0 Å². The van der Waals surface area contributed by atoms with Crippen molar-refractivity contribution in [3.8, 4) is 5.75 Å². The van der Waals surface area contributed by atoms with Crippen LogP contribution in [-0.2, 0) is 11.1 Å². The van der Waals surface area contributed by atoms with E-state index in [0.29, 0.717) is 17.9 Å². The summed E-state index contributed by atoms with van der Waals surface area (Å²) in [6.45, 7) is 17.1. The van der Waals surface area contributed by atoms with Gasteiger partial charge in [0.1, 0.15) is 5.75 Å². The Morgan fingerprint density at radius 1 is 0.763 bits per heavy atom. The Labute approximate surface area is 233 Å². The van der Waals surface area contributed by atoms with E-state index in [-0.39, 0.29) is 6.16 Å². The van der Waals surface area contributed by atoms with E-state index in [1.54, 1.807) is 31.3 Å². The van der Waals surface area contributed by atoms with Crippen molar-refractivity contribution < 1.29 is 18.5 Å². The molecule has 0 spiro atoms. The predicted octanol–water partition coefficient (Wildman–Crippen LogP) is 8.26. The molecule has 0 saturated carbocycles. The van der Waals surface area contributed by atoms with Gasteiger partial charge in [0.15, 0.2) is 7.60 Å². The van der Waals surface area contributed by atoms with Gasteiger partial charge in [0.25, 0.3) is 0 Å². The van der Waals surface area contributed by atoms with Gasteiger partial charge in [-0.2, -0.15) is 0 Å². The monoisotopic (exact) mass is 544 g/mol. The van der Waals surface area contributed by atoms with Crippen LogP contribution >= 0.6 is 7.60 Å². The maximum atomic E-state index is 11.6. The summed E-state index contributed by atoms with van der Waals surface area (Å²) in [4.78, 5) is 15.9. The molecule has 214 valence electrons. The van der Waals surface area contributed by atoms with E-state index in [2.05, 4.69) is 32.7 Å². The van der Waals surface area contributed by atoms with Gasteiger partial charge in [-0.05, 0) is 43.4 Å². The Balaban J connectivity index is 0.000000391. The molecule has 2 aromatic carbocycles. The average molecular weight is 545 g/mol. The topological polar surface area (TPSA) is 61.7 Å². The highest BCUT2D eigenvalue weighted by atomic mass is 31.2. The minimum atomic E-state index is -3.82. The number of para-hydroxylation sites is 1. The molecule has 1 atom stereocenters. The van der Waals surface area contributed by atoms with Gasteiger partial charge in [-0.15, -0.1) is 0 Å². The lowest BCUT2D eigenvalue weighted by molar-refractivity contribution is -0.929. The zero-order chi connectivity index (χ0) is 28.1. The zero-order valence-corrected chi connectivity index (χ0v) is 25.6. The fourth-order valence-corrected chi connectivity index (χ4v) is 4.96. The summed E-state index contributed by atoms with van der Waals surface area (Å²) in [6.07, 6.45) is 12.7. The second kappa shape index (κ2) is 20.0. The van der Waals surface area contributed by atoms with Crippen molar-refractivity contribution in [1.29, 1.82) is 0 Å². The van der Waals surface area contributed by atoms with E-state index in [1.807, 2.05) is 36.4 Å². The van der Waals surface area contributed by atoms with Crippen LogP contribution < -0.4 is 9.42 Å². The lowest BCUT2D eigenvalue weighted by atomic mass is 10.1. The van der Waals surface area contributed by atoms with Crippen LogP contribution in [0, 0.1) is 0 Å². The number of hydrogen-bond acceptors (Lipinski definition) is 4. The molecule has 6 heteroatoms. The van der Waals surface area contributed by atoms with Crippen LogP contribution in [0.1, 0.15) is 97.1 Å². The number of rotatable bonds is 18. The Kier molecular flexibility index (Phi) is 18.0. The van der Waals surface area contributed by atoms with Crippen molar-refractivity contribution in [2.24, 2.45) is 4.99 Å². The summed E-state index contributed by atoms with van der Waals surface area (Å²) < 4.78 is 18.1. The first-order valence-corrected chi connectivity index (χ1v) is 16.6. The fraction of sp³-hybridized carbons (Fsp3) is 0.594. The van der Waals surface area contributed by atoms with E-state index in [9.17, 15) is 9.46 Å². The van der Waals surface area contributed by atoms with Gasteiger partial charge < -0.3 is 13.9 Å². The van der Waals surface area contributed by atoms with Crippen LogP contribution in [0.3, 0.4) is 0 Å². The highest BCUT2D eigenvalue weighted by molar-refractivity contribution is 7.51. The number of quaternary nitrogens is 1. The normalized spacial score (nSPS) is 13.1. The summed E-state index contributed by atoms with van der Waals surface area (Å²) in [6, 6.07) is 16.8. The summed E-state index contributed by atoms with van der Waals surface area (Å²) in [5.74, 6) is 0.314. The Hall–Kier alpha value is -1.94. The molecule has 0 N–H and O–H groups in total. The molecule has 1 unspecified atom stereocenters. The molecule has 5 nitrogen and oxygen atoms in total. The summed E-state index contributed by atoms with van der Waals surface area (Å²) in [7, 11) is -3.82. The summed E-state index contributed by atoms with van der Waals surface area (Å²) in [5, 5.41) is 0. The van der Waals surface area contributed by atoms with E-state index >= 15 is 0 Å². The van der Waals surface area contributed by atoms with Crippen LogP contribution in [-0.4, -0.2) is 43.0 Å². The molecule has 0 aromatic heterocycles. The lowest BCUT2D eigenvalue weighted by Gasteiger charge is -2.39. The molecule has 0 aliphatic rings. The maximum Gasteiger partial charge on any atom is 0.184 e. The maximum absolute atomic E-state index is 11.6. The molecule has 0 aliphatic carbocycles. The van der Waals surface area contributed by atoms with E-state index in [1.165, 1.54) is 82.0 Å². The van der Waals surface area contributed by atoms with Crippen molar-refractivity contribution in [2.75, 3.05) is 32.3 Å². The quantitative estimate of drug-likeness (QED) is 0.108. The second-order valence-corrected chi connectivity index (χ2v) is 12.2. The molecule has 2 rings (SSSR count). The smallest absolute Gasteiger partial charge is 0.184 e. The zero-order valence-electron chi connectivity index (χ0n) is 24.7. The highest BCUT2D eigenvalue weighted by Crippen LogP contribution is 2.38. The third-order valence-corrected chi connectivity index (χ3v) is 8.08. The van der Waals surface area contributed by atoms with Gasteiger partial charge in [0.05, 0.1) is 32.7 Å². The Morgan fingerprint density at radius 3 is 1.71 bits per heavy atom. The van der Waals surface area contributed by atoms with Gasteiger partial charge in [-0.1, -0.05) is 103 Å².